The minimum Gasteiger partial charge on any atom is -0.307 e. The quantitative estimate of drug-likeness (QED) is 0.241. The molecule has 0 aliphatic carbocycles. The molecule has 6 rings (SSSR count). The first-order valence-electron chi connectivity index (χ1n) is 13.9. The molecule has 1 spiro atoms. The van der Waals surface area contributed by atoms with E-state index in [0.717, 1.165) is 59.2 Å². The number of benzene rings is 3. The second-order valence-corrected chi connectivity index (χ2v) is 12.0. The Kier molecular flexibility index (Phi) is 7.73. The maximum atomic E-state index is 13.8. The molecule has 4 nitrogen and oxygen atoms in total. The normalized spacial score (nSPS) is 16.4. The lowest BCUT2D eigenvalue weighted by Gasteiger charge is -2.39. The first-order chi connectivity index (χ1) is 19.9. The van der Waals surface area contributed by atoms with Crippen LogP contribution in [0.5, 0.6) is 0 Å². The first kappa shape index (κ1) is 27.4. The summed E-state index contributed by atoms with van der Waals surface area (Å²) in [7, 11) is 0. The van der Waals surface area contributed by atoms with Crippen LogP contribution in [0, 0.1) is 18.6 Å². The molecule has 0 saturated carbocycles. The highest BCUT2D eigenvalue weighted by molar-refractivity contribution is 7.99. The Bertz CT molecular complexity index is 1580. The molecule has 4 aromatic rings. The Balaban J connectivity index is 1.24. The number of anilines is 1. The maximum absolute atomic E-state index is 13.8. The van der Waals surface area contributed by atoms with Crippen LogP contribution in [0.15, 0.2) is 101 Å². The summed E-state index contributed by atoms with van der Waals surface area (Å²) in [5.74, 6) is -0.481. The molecule has 2 aliphatic heterocycles. The van der Waals surface area contributed by atoms with E-state index in [0.29, 0.717) is 12.1 Å². The summed E-state index contributed by atoms with van der Waals surface area (Å²) in [4.78, 5) is 24.5. The second kappa shape index (κ2) is 11.6. The fraction of sp³-hybridized carbons (Fsp3) is 0.235. The van der Waals surface area contributed by atoms with E-state index >= 15 is 0 Å². The van der Waals surface area contributed by atoms with Gasteiger partial charge in [-0.2, -0.15) is 0 Å². The molecule has 3 heterocycles. The fourth-order valence-corrected chi connectivity index (χ4v) is 6.73. The van der Waals surface area contributed by atoms with Crippen molar-refractivity contribution >= 4 is 29.4 Å². The number of piperidine rings is 1. The monoisotopic (exact) mass is 567 g/mol. The molecule has 41 heavy (non-hydrogen) atoms. The number of halogens is 2. The third kappa shape index (κ3) is 5.97. The lowest BCUT2D eigenvalue weighted by molar-refractivity contribution is 0.0977. The van der Waals surface area contributed by atoms with Crippen molar-refractivity contribution in [1.29, 1.82) is 0 Å². The Morgan fingerprint density at radius 1 is 0.927 bits per heavy atom. The van der Waals surface area contributed by atoms with Gasteiger partial charge < -0.3 is 4.90 Å². The van der Waals surface area contributed by atoms with Gasteiger partial charge >= 0.3 is 0 Å². The van der Waals surface area contributed by atoms with E-state index in [1.807, 2.05) is 24.0 Å². The number of pyridine rings is 1. The zero-order valence-corrected chi connectivity index (χ0v) is 23.7. The topological polar surface area (TPSA) is 36.4 Å². The molecule has 208 valence electrons. The molecule has 0 N–H and O–H groups in total. The third-order valence-electron chi connectivity index (χ3n) is 8.09. The molecule has 7 heteroatoms. The van der Waals surface area contributed by atoms with E-state index in [9.17, 15) is 13.6 Å². The van der Waals surface area contributed by atoms with Crippen LogP contribution in [-0.2, 0) is 5.41 Å². The summed E-state index contributed by atoms with van der Waals surface area (Å²) in [6, 6.07) is 23.1. The smallest absolute Gasteiger partial charge is 0.258 e. The van der Waals surface area contributed by atoms with Crippen molar-refractivity contribution in [2.45, 2.75) is 35.0 Å². The molecule has 1 amide bonds. The number of carbonyl (C=O) groups excluding carboxylic acids is 1. The van der Waals surface area contributed by atoms with Gasteiger partial charge in [0.1, 0.15) is 11.6 Å². The minimum absolute atomic E-state index is 0.00257. The molecule has 3 aromatic carbocycles. The standard InChI is InChI=1S/C34H31F2N3OS/c1-24-21-26(14-17-37-24)33(40)39-23-34(15-19-38(20-16-34)18-2-3-25-4-6-27(35)7-5-25)31-22-30(12-13-32(31)39)41-29-10-8-28(36)9-11-29/h2-14,17,21-22H,15-16,18-20,23H2,1H3. The molecular formula is C34H31F2N3OS. The number of hydrogen-bond donors (Lipinski definition) is 0. The number of hydrogen-bond acceptors (Lipinski definition) is 4. The van der Waals surface area contributed by atoms with Gasteiger partial charge in [-0.25, -0.2) is 8.78 Å². The molecule has 0 unspecified atom stereocenters. The van der Waals surface area contributed by atoms with Crippen LogP contribution in [0.1, 0.15) is 40.0 Å². The van der Waals surface area contributed by atoms with E-state index in [2.05, 4.69) is 34.2 Å². The second-order valence-electron chi connectivity index (χ2n) is 10.8. The number of amides is 1. The van der Waals surface area contributed by atoms with Crippen molar-refractivity contribution in [3.05, 3.63) is 125 Å². The molecule has 0 bridgehead atoms. The fourth-order valence-electron chi connectivity index (χ4n) is 5.87. The molecule has 1 fully saturated rings. The van der Waals surface area contributed by atoms with Crippen molar-refractivity contribution in [1.82, 2.24) is 9.88 Å². The lowest BCUT2D eigenvalue weighted by Crippen LogP contribution is -2.46. The van der Waals surface area contributed by atoms with E-state index in [1.54, 1.807) is 48.3 Å². The summed E-state index contributed by atoms with van der Waals surface area (Å²) < 4.78 is 26.7. The largest absolute Gasteiger partial charge is 0.307 e. The van der Waals surface area contributed by atoms with Gasteiger partial charge in [0, 0.05) is 51.4 Å². The average molecular weight is 568 g/mol. The zero-order chi connectivity index (χ0) is 28.4. The van der Waals surface area contributed by atoms with Crippen LogP contribution in [0.25, 0.3) is 6.08 Å². The highest BCUT2D eigenvalue weighted by Gasteiger charge is 2.46. The number of aryl methyl sites for hydroxylation is 1. The van der Waals surface area contributed by atoms with Crippen molar-refractivity contribution < 1.29 is 13.6 Å². The first-order valence-corrected chi connectivity index (χ1v) is 14.7. The molecule has 1 aromatic heterocycles. The third-order valence-corrected chi connectivity index (χ3v) is 9.08. The van der Waals surface area contributed by atoms with Crippen molar-refractivity contribution in [3.63, 3.8) is 0 Å². The van der Waals surface area contributed by atoms with Gasteiger partial charge in [0.05, 0.1) is 0 Å². The van der Waals surface area contributed by atoms with Gasteiger partial charge in [0.25, 0.3) is 5.91 Å². The Hall–Kier alpha value is -3.81. The van der Waals surface area contributed by atoms with Crippen molar-refractivity contribution in [3.8, 4) is 0 Å². The van der Waals surface area contributed by atoms with E-state index < -0.39 is 0 Å². The SMILES string of the molecule is Cc1cc(C(=O)N2CC3(CCN(CC=Cc4ccc(F)cc4)CC3)c3cc(Sc4ccc(F)cc4)ccc32)ccn1. The predicted octanol–water partition coefficient (Wildman–Crippen LogP) is 7.53. The number of likely N-dealkylation sites (tertiary alicyclic amines) is 1. The van der Waals surface area contributed by atoms with Crippen LogP contribution in [0.2, 0.25) is 0 Å². The van der Waals surface area contributed by atoms with Crippen molar-refractivity contribution in [2.24, 2.45) is 0 Å². The van der Waals surface area contributed by atoms with Crippen LogP contribution < -0.4 is 4.90 Å². The Labute approximate surface area is 243 Å². The number of nitrogens with zero attached hydrogens (tertiary/aromatic N) is 3. The predicted molar refractivity (Wildman–Crippen MR) is 160 cm³/mol. The number of aromatic nitrogens is 1. The summed E-state index contributed by atoms with van der Waals surface area (Å²) in [6.45, 7) is 5.19. The zero-order valence-electron chi connectivity index (χ0n) is 22.9. The maximum Gasteiger partial charge on any atom is 0.258 e. The summed E-state index contributed by atoms with van der Waals surface area (Å²) >= 11 is 1.61. The number of fused-ring (bicyclic) bond motifs is 2. The highest BCUT2D eigenvalue weighted by atomic mass is 32.2. The van der Waals surface area contributed by atoms with Gasteiger partial charge in [-0.05, 0) is 111 Å². The Morgan fingerprint density at radius 2 is 1.61 bits per heavy atom. The molecule has 0 atom stereocenters. The minimum atomic E-state index is -0.248. The Morgan fingerprint density at radius 3 is 2.32 bits per heavy atom. The number of rotatable bonds is 6. The van der Waals surface area contributed by atoms with Gasteiger partial charge in [0.2, 0.25) is 0 Å². The summed E-state index contributed by atoms with van der Waals surface area (Å²) in [5.41, 5.74) is 4.50. The van der Waals surface area contributed by atoms with Gasteiger partial charge in [0.15, 0.2) is 0 Å². The number of carbonyl (C=O) groups is 1. The van der Waals surface area contributed by atoms with Crippen LogP contribution in [0.4, 0.5) is 14.5 Å². The van der Waals surface area contributed by atoms with Crippen molar-refractivity contribution in [2.75, 3.05) is 31.1 Å². The molecule has 1 saturated heterocycles. The molecular weight excluding hydrogens is 536 g/mol. The molecule has 0 radical (unpaired) electrons. The van der Waals surface area contributed by atoms with Crippen LogP contribution in [0.3, 0.4) is 0 Å². The average Bonchev–Trinajstić information content (AvgIpc) is 3.29. The van der Waals surface area contributed by atoms with E-state index in [4.69, 9.17) is 0 Å². The van der Waals surface area contributed by atoms with Gasteiger partial charge in [-0.3, -0.25) is 14.7 Å². The highest BCUT2D eigenvalue weighted by Crippen LogP contribution is 2.49. The van der Waals surface area contributed by atoms with E-state index in [1.165, 1.54) is 29.8 Å². The van der Waals surface area contributed by atoms with E-state index in [-0.39, 0.29) is 23.0 Å². The van der Waals surface area contributed by atoms with Gasteiger partial charge in [-0.1, -0.05) is 36.0 Å². The summed E-state index contributed by atoms with van der Waals surface area (Å²) in [6.07, 6.45) is 7.73. The van der Waals surface area contributed by atoms with Crippen LogP contribution >= 0.6 is 11.8 Å². The summed E-state index contributed by atoms with van der Waals surface area (Å²) in [5, 5.41) is 0. The van der Waals surface area contributed by atoms with Gasteiger partial charge in [-0.15, -0.1) is 0 Å². The molecule has 2 aliphatic rings. The van der Waals surface area contributed by atoms with Crippen LogP contribution in [-0.4, -0.2) is 42.0 Å². The lowest BCUT2D eigenvalue weighted by atomic mass is 9.74.